The van der Waals surface area contributed by atoms with Crippen LogP contribution < -0.4 is 5.32 Å². The summed E-state index contributed by atoms with van der Waals surface area (Å²) in [6.07, 6.45) is 2.30. The summed E-state index contributed by atoms with van der Waals surface area (Å²) in [5, 5.41) is 3.10. The first-order valence-corrected chi connectivity index (χ1v) is 6.47. The van der Waals surface area contributed by atoms with Gasteiger partial charge in [0.05, 0.1) is 5.69 Å². The van der Waals surface area contributed by atoms with Gasteiger partial charge >= 0.3 is 0 Å². The average Bonchev–Trinajstić information content (AvgIpc) is 2.35. The minimum Gasteiger partial charge on any atom is -0.380 e. The molecule has 0 saturated carbocycles. The molecule has 2 atom stereocenters. The molecule has 4 heteroatoms. The number of benzene rings is 1. The van der Waals surface area contributed by atoms with Gasteiger partial charge in [-0.15, -0.1) is 0 Å². The zero-order valence-corrected chi connectivity index (χ0v) is 10.9. The van der Waals surface area contributed by atoms with Gasteiger partial charge in [0.25, 0.3) is 0 Å². The fourth-order valence-electron chi connectivity index (χ4n) is 2.59. The lowest BCUT2D eigenvalue weighted by molar-refractivity contribution is 0.197. The first-order chi connectivity index (χ1) is 8.58. The van der Waals surface area contributed by atoms with E-state index in [-0.39, 0.29) is 11.7 Å². The number of halogens is 2. The van der Waals surface area contributed by atoms with E-state index in [0.717, 1.165) is 25.6 Å². The molecule has 0 bridgehead atoms. The molecule has 1 aliphatic heterocycles. The molecule has 0 amide bonds. The summed E-state index contributed by atoms with van der Waals surface area (Å²) < 4.78 is 26.7. The van der Waals surface area contributed by atoms with Crippen LogP contribution >= 0.6 is 0 Å². The van der Waals surface area contributed by atoms with Crippen molar-refractivity contribution in [1.29, 1.82) is 0 Å². The maximum atomic E-state index is 13.6. The molecule has 0 spiro atoms. The highest BCUT2D eigenvalue weighted by molar-refractivity contribution is 5.45. The van der Waals surface area contributed by atoms with E-state index in [1.54, 1.807) is 6.07 Å². The summed E-state index contributed by atoms with van der Waals surface area (Å²) in [5.74, 6) is -1.10. The summed E-state index contributed by atoms with van der Waals surface area (Å²) in [6, 6.07) is 4.39. The lowest BCUT2D eigenvalue weighted by Gasteiger charge is -2.34. The number of nitrogens with zero attached hydrogens (tertiary/aromatic N) is 1. The number of hydrogen-bond acceptors (Lipinski definition) is 2. The van der Waals surface area contributed by atoms with Crippen LogP contribution in [0, 0.1) is 17.6 Å². The Morgan fingerprint density at radius 1 is 1.39 bits per heavy atom. The van der Waals surface area contributed by atoms with Gasteiger partial charge in [-0.05, 0) is 51.4 Å². The van der Waals surface area contributed by atoms with Gasteiger partial charge in [-0.25, -0.2) is 8.78 Å². The third-order valence-electron chi connectivity index (χ3n) is 3.70. The van der Waals surface area contributed by atoms with Crippen LogP contribution in [0.5, 0.6) is 0 Å². The van der Waals surface area contributed by atoms with Gasteiger partial charge in [-0.1, -0.05) is 6.07 Å². The molecule has 1 N–H and O–H groups in total. The minimum atomic E-state index is -0.798. The average molecular weight is 254 g/mol. The van der Waals surface area contributed by atoms with Crippen molar-refractivity contribution in [2.45, 2.75) is 25.8 Å². The van der Waals surface area contributed by atoms with E-state index in [9.17, 15) is 8.78 Å². The van der Waals surface area contributed by atoms with Crippen LogP contribution in [0.4, 0.5) is 14.5 Å². The van der Waals surface area contributed by atoms with Gasteiger partial charge in [0.15, 0.2) is 11.6 Å². The predicted molar refractivity (Wildman–Crippen MR) is 69.7 cm³/mol. The largest absolute Gasteiger partial charge is 0.380 e. The Kier molecular flexibility index (Phi) is 4.17. The van der Waals surface area contributed by atoms with E-state index in [0.29, 0.717) is 5.92 Å². The number of hydrogen-bond donors (Lipinski definition) is 1. The van der Waals surface area contributed by atoms with E-state index in [1.165, 1.54) is 12.5 Å². The Morgan fingerprint density at radius 3 is 2.89 bits per heavy atom. The Labute approximate surface area is 107 Å². The number of anilines is 1. The van der Waals surface area contributed by atoms with Gasteiger partial charge in [0.1, 0.15) is 0 Å². The highest BCUT2D eigenvalue weighted by atomic mass is 19.2. The summed E-state index contributed by atoms with van der Waals surface area (Å²) in [6.45, 7) is 4.16. The molecular formula is C14H20F2N2. The summed E-state index contributed by atoms with van der Waals surface area (Å²) >= 11 is 0. The van der Waals surface area contributed by atoms with Crippen LogP contribution in [-0.2, 0) is 0 Å². The lowest BCUT2D eigenvalue weighted by atomic mass is 9.91. The SMILES string of the molecule is CC(Nc1cccc(F)c1F)C1CCCN(C)C1. The molecule has 2 nitrogen and oxygen atoms in total. The molecule has 0 aliphatic carbocycles. The molecular weight excluding hydrogens is 234 g/mol. The highest BCUT2D eigenvalue weighted by Crippen LogP contribution is 2.23. The van der Waals surface area contributed by atoms with Crippen molar-refractivity contribution in [3.63, 3.8) is 0 Å². The molecule has 0 aromatic heterocycles. The summed E-state index contributed by atoms with van der Waals surface area (Å²) in [7, 11) is 2.10. The predicted octanol–water partition coefficient (Wildman–Crippen LogP) is 3.11. The molecule has 2 rings (SSSR count). The molecule has 1 saturated heterocycles. The number of nitrogens with one attached hydrogen (secondary N) is 1. The van der Waals surface area contributed by atoms with Crippen LogP contribution in [0.2, 0.25) is 0 Å². The summed E-state index contributed by atoms with van der Waals surface area (Å²) in [5.41, 5.74) is 0.260. The maximum Gasteiger partial charge on any atom is 0.181 e. The molecule has 1 fully saturated rings. The number of likely N-dealkylation sites (tertiary alicyclic amines) is 1. The molecule has 18 heavy (non-hydrogen) atoms. The van der Waals surface area contributed by atoms with Crippen molar-refractivity contribution in [2.24, 2.45) is 5.92 Å². The Bertz CT molecular complexity index is 409. The fraction of sp³-hybridized carbons (Fsp3) is 0.571. The van der Waals surface area contributed by atoms with Crippen LogP contribution in [-0.4, -0.2) is 31.1 Å². The second kappa shape index (κ2) is 5.65. The van der Waals surface area contributed by atoms with E-state index < -0.39 is 11.6 Å². The van der Waals surface area contributed by atoms with Gasteiger partial charge in [-0.3, -0.25) is 0 Å². The van der Waals surface area contributed by atoms with Crippen molar-refractivity contribution < 1.29 is 8.78 Å². The van der Waals surface area contributed by atoms with E-state index in [2.05, 4.69) is 17.3 Å². The molecule has 100 valence electrons. The number of piperidine rings is 1. The highest BCUT2D eigenvalue weighted by Gasteiger charge is 2.23. The molecule has 1 aliphatic rings. The quantitative estimate of drug-likeness (QED) is 0.891. The molecule has 1 aromatic carbocycles. The molecule has 1 aromatic rings. The third kappa shape index (κ3) is 2.99. The normalized spacial score (nSPS) is 22.8. The van der Waals surface area contributed by atoms with Gasteiger partial charge in [0, 0.05) is 12.6 Å². The summed E-state index contributed by atoms with van der Waals surface area (Å²) in [4.78, 5) is 2.29. The second-order valence-electron chi connectivity index (χ2n) is 5.20. The van der Waals surface area contributed by atoms with Gasteiger partial charge < -0.3 is 10.2 Å². The Morgan fingerprint density at radius 2 is 2.17 bits per heavy atom. The van der Waals surface area contributed by atoms with Crippen LogP contribution in [0.25, 0.3) is 0 Å². The zero-order chi connectivity index (χ0) is 13.1. The number of rotatable bonds is 3. The van der Waals surface area contributed by atoms with Gasteiger partial charge in [0.2, 0.25) is 0 Å². The molecule has 2 unspecified atom stereocenters. The van der Waals surface area contributed by atoms with Crippen molar-refractivity contribution in [1.82, 2.24) is 4.90 Å². The maximum absolute atomic E-state index is 13.6. The van der Waals surface area contributed by atoms with E-state index in [4.69, 9.17) is 0 Å². The smallest absolute Gasteiger partial charge is 0.181 e. The topological polar surface area (TPSA) is 15.3 Å². The van der Waals surface area contributed by atoms with Crippen LogP contribution in [0.1, 0.15) is 19.8 Å². The molecule has 0 radical (unpaired) electrons. The molecule has 1 heterocycles. The minimum absolute atomic E-state index is 0.143. The first-order valence-electron chi connectivity index (χ1n) is 6.47. The second-order valence-corrected chi connectivity index (χ2v) is 5.20. The van der Waals surface area contributed by atoms with E-state index in [1.807, 2.05) is 6.92 Å². The van der Waals surface area contributed by atoms with Crippen molar-refractivity contribution in [3.8, 4) is 0 Å². The van der Waals surface area contributed by atoms with E-state index >= 15 is 0 Å². The van der Waals surface area contributed by atoms with Crippen molar-refractivity contribution in [3.05, 3.63) is 29.8 Å². The fourth-order valence-corrected chi connectivity index (χ4v) is 2.59. The van der Waals surface area contributed by atoms with Crippen LogP contribution in [0.3, 0.4) is 0 Å². The zero-order valence-electron chi connectivity index (χ0n) is 10.9. The first kappa shape index (κ1) is 13.3. The standard InChI is InChI=1S/C14H20F2N2/c1-10(11-5-4-8-18(2)9-11)17-13-7-3-6-12(15)14(13)16/h3,6-7,10-11,17H,4-5,8-9H2,1-2H3. The monoisotopic (exact) mass is 254 g/mol. The Hall–Kier alpha value is -1.16. The van der Waals surface area contributed by atoms with Gasteiger partial charge in [-0.2, -0.15) is 0 Å². The van der Waals surface area contributed by atoms with Crippen LogP contribution in [0.15, 0.2) is 18.2 Å². The van der Waals surface area contributed by atoms with Crippen molar-refractivity contribution in [2.75, 3.05) is 25.5 Å². The van der Waals surface area contributed by atoms with Crippen molar-refractivity contribution >= 4 is 5.69 Å². The third-order valence-corrected chi connectivity index (χ3v) is 3.70. The Balaban J connectivity index is 2.02. The lowest BCUT2D eigenvalue weighted by Crippen LogP contribution is -2.40.